The van der Waals surface area contributed by atoms with Crippen molar-refractivity contribution < 1.29 is 0 Å². The Morgan fingerprint density at radius 2 is 1.82 bits per heavy atom. The molecule has 1 aliphatic carbocycles. The highest BCUT2D eigenvalue weighted by atomic mass is 16.1. The number of hydrogen-bond donors (Lipinski definition) is 1. The maximum atomic E-state index is 13.6. The van der Waals surface area contributed by atoms with E-state index in [0.29, 0.717) is 5.56 Å². The van der Waals surface area contributed by atoms with Crippen molar-refractivity contribution >= 4 is 16.6 Å². The minimum atomic E-state index is -0.353. The lowest BCUT2D eigenvalue weighted by Crippen LogP contribution is -2.35. The molecular weight excluding hydrogens is 424 g/mol. The molecule has 0 spiro atoms. The Morgan fingerprint density at radius 1 is 1.03 bits per heavy atom. The highest BCUT2D eigenvalue weighted by Crippen LogP contribution is 2.39. The van der Waals surface area contributed by atoms with Crippen molar-refractivity contribution in [1.82, 2.24) is 25.2 Å². The molecule has 1 atom stereocenters. The predicted octanol–water partition coefficient (Wildman–Crippen LogP) is 4.79. The predicted molar refractivity (Wildman–Crippen MR) is 133 cm³/mol. The van der Waals surface area contributed by atoms with Gasteiger partial charge < -0.3 is 9.88 Å². The molecule has 7 nitrogen and oxygen atoms in total. The van der Waals surface area contributed by atoms with Crippen LogP contribution in [0.4, 0.5) is 5.69 Å². The maximum Gasteiger partial charge on any atom is 0.254 e. The summed E-state index contributed by atoms with van der Waals surface area (Å²) < 4.78 is 2.01. The van der Waals surface area contributed by atoms with Crippen molar-refractivity contribution in [3.05, 3.63) is 80.9 Å². The van der Waals surface area contributed by atoms with Crippen molar-refractivity contribution in [2.45, 2.75) is 64.5 Å². The van der Waals surface area contributed by atoms with Gasteiger partial charge in [0.15, 0.2) is 5.82 Å². The minimum Gasteiger partial charge on any atom is -0.357 e. The third-order valence-electron chi connectivity index (χ3n) is 7.69. The van der Waals surface area contributed by atoms with Crippen molar-refractivity contribution in [2.75, 3.05) is 11.4 Å². The number of aryl methyl sites for hydroxylation is 2. The number of tetrazole rings is 1. The van der Waals surface area contributed by atoms with Gasteiger partial charge in [-0.25, -0.2) is 4.68 Å². The molecule has 174 valence electrons. The van der Waals surface area contributed by atoms with E-state index in [0.717, 1.165) is 59.3 Å². The molecule has 2 aromatic carbocycles. The SMILES string of the molecule is Cc1ccc(C)c2[nH]c(=O)c([C@@H](c3nnnn3C3CCCCC3)N3CCc4ccccc43)cc12. The number of hydrogen-bond acceptors (Lipinski definition) is 5. The molecule has 0 radical (unpaired) electrons. The molecule has 1 aliphatic heterocycles. The van der Waals surface area contributed by atoms with E-state index in [1.165, 1.54) is 24.8 Å². The second-order valence-corrected chi connectivity index (χ2v) is 9.79. The molecule has 1 saturated carbocycles. The summed E-state index contributed by atoms with van der Waals surface area (Å²) in [5.41, 5.74) is 6.20. The third kappa shape index (κ3) is 3.42. The van der Waals surface area contributed by atoms with E-state index < -0.39 is 0 Å². The minimum absolute atomic E-state index is 0.0752. The first-order chi connectivity index (χ1) is 16.6. The van der Waals surface area contributed by atoms with Crippen LogP contribution in [-0.2, 0) is 6.42 Å². The molecule has 2 aliphatic rings. The normalized spacial score (nSPS) is 17.3. The molecule has 2 aromatic heterocycles. The summed E-state index contributed by atoms with van der Waals surface area (Å²) in [6.07, 6.45) is 6.75. The second-order valence-electron chi connectivity index (χ2n) is 9.79. The lowest BCUT2D eigenvalue weighted by atomic mass is 9.94. The number of H-pyrrole nitrogens is 1. The summed E-state index contributed by atoms with van der Waals surface area (Å²) in [6, 6.07) is 14.6. The molecule has 0 saturated heterocycles. The smallest absolute Gasteiger partial charge is 0.254 e. The van der Waals surface area contributed by atoms with Crippen molar-refractivity contribution in [1.29, 1.82) is 0 Å². The molecule has 4 aromatic rings. The zero-order valence-corrected chi connectivity index (χ0v) is 19.8. The van der Waals surface area contributed by atoms with Crippen LogP contribution in [0.15, 0.2) is 47.3 Å². The van der Waals surface area contributed by atoms with Gasteiger partial charge in [-0.15, -0.1) is 5.10 Å². The fourth-order valence-electron chi connectivity index (χ4n) is 5.84. The first-order valence-electron chi connectivity index (χ1n) is 12.4. The molecule has 3 heterocycles. The van der Waals surface area contributed by atoms with Crippen LogP contribution in [-0.4, -0.2) is 31.7 Å². The van der Waals surface area contributed by atoms with E-state index in [2.05, 4.69) is 74.8 Å². The van der Waals surface area contributed by atoms with Gasteiger partial charge in [0.25, 0.3) is 5.56 Å². The molecule has 1 N–H and O–H groups in total. The Bertz CT molecular complexity index is 1410. The Labute approximate surface area is 198 Å². The largest absolute Gasteiger partial charge is 0.357 e. The second kappa shape index (κ2) is 8.38. The topological polar surface area (TPSA) is 79.7 Å². The molecule has 0 unspecified atom stereocenters. The van der Waals surface area contributed by atoms with Crippen LogP contribution in [0.3, 0.4) is 0 Å². The van der Waals surface area contributed by atoms with Gasteiger partial charge in [-0.3, -0.25) is 4.79 Å². The van der Waals surface area contributed by atoms with Crippen LogP contribution < -0.4 is 10.5 Å². The molecule has 34 heavy (non-hydrogen) atoms. The number of pyridine rings is 1. The van der Waals surface area contributed by atoms with Crippen molar-refractivity contribution in [3.63, 3.8) is 0 Å². The lowest BCUT2D eigenvalue weighted by Gasteiger charge is -2.31. The van der Waals surface area contributed by atoms with Crippen LogP contribution in [0, 0.1) is 13.8 Å². The van der Waals surface area contributed by atoms with Crippen molar-refractivity contribution in [3.8, 4) is 0 Å². The number of fused-ring (bicyclic) bond motifs is 2. The Kier molecular flexibility index (Phi) is 5.20. The summed E-state index contributed by atoms with van der Waals surface area (Å²) in [4.78, 5) is 19.1. The Balaban J connectivity index is 1.57. The van der Waals surface area contributed by atoms with Crippen LogP contribution >= 0.6 is 0 Å². The van der Waals surface area contributed by atoms with Gasteiger partial charge in [-0.05, 0) is 72.4 Å². The molecular formula is C27H30N6O. The van der Waals surface area contributed by atoms with Gasteiger partial charge in [-0.1, -0.05) is 49.6 Å². The molecule has 0 amide bonds. The summed E-state index contributed by atoms with van der Waals surface area (Å²) in [5.74, 6) is 0.763. The first kappa shape index (κ1) is 21.1. The number of benzene rings is 2. The molecule has 6 rings (SSSR count). The van der Waals surface area contributed by atoms with Gasteiger partial charge in [-0.2, -0.15) is 0 Å². The van der Waals surface area contributed by atoms with E-state index in [4.69, 9.17) is 0 Å². The number of anilines is 1. The highest BCUT2D eigenvalue weighted by molar-refractivity contribution is 5.85. The van der Waals surface area contributed by atoms with E-state index >= 15 is 0 Å². The van der Waals surface area contributed by atoms with E-state index in [-0.39, 0.29) is 17.6 Å². The summed E-state index contributed by atoms with van der Waals surface area (Å²) in [5, 5.41) is 14.2. The van der Waals surface area contributed by atoms with Gasteiger partial charge in [0.05, 0.1) is 11.6 Å². The van der Waals surface area contributed by atoms with Gasteiger partial charge in [0.2, 0.25) is 0 Å². The third-order valence-corrected chi connectivity index (χ3v) is 7.69. The van der Waals surface area contributed by atoms with E-state index in [1.54, 1.807) is 0 Å². The average Bonchev–Trinajstić information content (AvgIpc) is 3.51. The Morgan fingerprint density at radius 3 is 2.68 bits per heavy atom. The number of nitrogens with one attached hydrogen (secondary N) is 1. The van der Waals surface area contributed by atoms with Crippen LogP contribution in [0.1, 0.15) is 72.3 Å². The van der Waals surface area contributed by atoms with Crippen LogP contribution in [0.5, 0.6) is 0 Å². The molecule has 0 bridgehead atoms. The maximum absolute atomic E-state index is 13.6. The zero-order valence-electron chi connectivity index (χ0n) is 19.8. The summed E-state index contributed by atoms with van der Waals surface area (Å²) in [7, 11) is 0. The molecule has 1 fully saturated rings. The monoisotopic (exact) mass is 454 g/mol. The summed E-state index contributed by atoms with van der Waals surface area (Å²) in [6.45, 7) is 4.96. The number of nitrogens with zero attached hydrogens (tertiary/aromatic N) is 5. The van der Waals surface area contributed by atoms with Gasteiger partial charge in [0, 0.05) is 23.2 Å². The van der Waals surface area contributed by atoms with E-state index in [1.807, 2.05) is 11.6 Å². The van der Waals surface area contributed by atoms with Crippen molar-refractivity contribution in [2.24, 2.45) is 0 Å². The first-order valence-corrected chi connectivity index (χ1v) is 12.4. The average molecular weight is 455 g/mol. The zero-order chi connectivity index (χ0) is 23.2. The van der Waals surface area contributed by atoms with Gasteiger partial charge >= 0.3 is 0 Å². The van der Waals surface area contributed by atoms with Gasteiger partial charge in [0.1, 0.15) is 6.04 Å². The Hall–Kier alpha value is -3.48. The molecule has 7 heteroatoms. The van der Waals surface area contributed by atoms with Crippen LogP contribution in [0.25, 0.3) is 10.9 Å². The van der Waals surface area contributed by atoms with Crippen LogP contribution in [0.2, 0.25) is 0 Å². The lowest BCUT2D eigenvalue weighted by molar-refractivity contribution is 0.313. The fraction of sp³-hybridized carbons (Fsp3) is 0.407. The quantitative estimate of drug-likeness (QED) is 0.480. The number of aromatic nitrogens is 5. The fourth-order valence-corrected chi connectivity index (χ4v) is 5.84. The van der Waals surface area contributed by atoms with E-state index in [9.17, 15) is 4.79 Å². The number of para-hydroxylation sites is 1. The number of rotatable bonds is 4. The summed E-state index contributed by atoms with van der Waals surface area (Å²) >= 11 is 0. The standard InChI is InChI=1S/C27H30N6O/c1-17-12-13-18(2)24-21(17)16-22(27(34)28-24)25(32-15-14-19-8-6-7-11-23(19)32)26-29-30-31-33(26)20-9-4-3-5-10-20/h6-8,11-13,16,20,25H,3-5,9-10,14-15H2,1-2H3,(H,28,34)/t25-/m0/s1. The highest BCUT2D eigenvalue weighted by Gasteiger charge is 2.35. The number of aromatic amines is 1.